The van der Waals surface area contributed by atoms with Crippen molar-refractivity contribution in [3.05, 3.63) is 29.8 Å². The van der Waals surface area contributed by atoms with E-state index in [9.17, 15) is 9.59 Å². The van der Waals surface area contributed by atoms with Crippen molar-refractivity contribution in [2.45, 2.75) is 13.8 Å². The van der Waals surface area contributed by atoms with Gasteiger partial charge in [0.1, 0.15) is 6.54 Å². The van der Waals surface area contributed by atoms with Crippen LogP contribution < -0.4 is 5.73 Å². The number of esters is 1. The summed E-state index contributed by atoms with van der Waals surface area (Å²) in [6.45, 7) is 4.24. The third-order valence-corrected chi connectivity index (χ3v) is 2.43. The number of benzene rings is 1. The number of nitrogens with two attached hydrogens (primary N) is 1. The molecule has 0 fully saturated rings. The van der Waals surface area contributed by atoms with Crippen molar-refractivity contribution in [2.75, 3.05) is 25.4 Å². The van der Waals surface area contributed by atoms with Crippen LogP contribution >= 0.6 is 0 Å². The minimum atomic E-state index is -0.406. The number of anilines is 1. The van der Waals surface area contributed by atoms with Gasteiger partial charge in [0, 0.05) is 17.8 Å². The van der Waals surface area contributed by atoms with Gasteiger partial charge in [0.2, 0.25) is 0 Å². The minimum absolute atomic E-state index is 0.0437. The summed E-state index contributed by atoms with van der Waals surface area (Å²) in [6, 6.07) is 6.68. The van der Waals surface area contributed by atoms with Gasteiger partial charge in [0.25, 0.3) is 5.91 Å². The lowest BCUT2D eigenvalue weighted by atomic mass is 10.2. The molecule has 0 bridgehead atoms. The number of hydrogen-bond acceptors (Lipinski definition) is 4. The Morgan fingerprint density at radius 3 is 2.61 bits per heavy atom. The van der Waals surface area contributed by atoms with Crippen LogP contribution in [0.3, 0.4) is 0 Å². The fourth-order valence-electron chi connectivity index (χ4n) is 1.54. The van der Waals surface area contributed by atoms with Crippen LogP contribution in [0.5, 0.6) is 0 Å². The van der Waals surface area contributed by atoms with Gasteiger partial charge >= 0.3 is 5.97 Å². The number of carbonyl (C=O) groups excluding carboxylic acids is 2. The van der Waals surface area contributed by atoms with Crippen LogP contribution in [0.25, 0.3) is 0 Å². The molecule has 0 heterocycles. The van der Waals surface area contributed by atoms with Crippen molar-refractivity contribution in [1.82, 2.24) is 4.90 Å². The molecule has 0 spiro atoms. The van der Waals surface area contributed by atoms with Crippen molar-refractivity contribution >= 4 is 17.6 Å². The Kier molecular flexibility index (Phi) is 5.17. The van der Waals surface area contributed by atoms with Crippen molar-refractivity contribution in [1.29, 1.82) is 0 Å². The van der Waals surface area contributed by atoms with E-state index in [2.05, 4.69) is 0 Å². The van der Waals surface area contributed by atoms with E-state index < -0.39 is 5.97 Å². The van der Waals surface area contributed by atoms with Crippen LogP contribution in [0, 0.1) is 0 Å². The van der Waals surface area contributed by atoms with Gasteiger partial charge in [-0.05, 0) is 32.0 Å². The van der Waals surface area contributed by atoms with Crippen LogP contribution in [0.1, 0.15) is 24.2 Å². The average molecular weight is 250 g/mol. The maximum absolute atomic E-state index is 12.1. The molecule has 0 saturated carbocycles. The molecule has 0 unspecified atom stereocenters. The zero-order chi connectivity index (χ0) is 13.5. The maximum atomic E-state index is 12.1. The van der Waals surface area contributed by atoms with Crippen LogP contribution in [0.4, 0.5) is 5.69 Å². The maximum Gasteiger partial charge on any atom is 0.325 e. The molecule has 1 amide bonds. The molecule has 5 nitrogen and oxygen atoms in total. The topological polar surface area (TPSA) is 72.6 Å². The van der Waals surface area contributed by atoms with Crippen molar-refractivity contribution in [3.63, 3.8) is 0 Å². The first-order chi connectivity index (χ1) is 8.58. The second-order valence-electron chi connectivity index (χ2n) is 3.75. The Balaban J connectivity index is 2.76. The molecule has 0 saturated heterocycles. The molecule has 18 heavy (non-hydrogen) atoms. The highest BCUT2D eigenvalue weighted by Crippen LogP contribution is 2.09. The normalized spacial score (nSPS) is 9.89. The Morgan fingerprint density at radius 2 is 2.06 bits per heavy atom. The number of ether oxygens (including phenoxy) is 1. The summed E-state index contributed by atoms with van der Waals surface area (Å²) in [5.74, 6) is -0.630. The molecule has 1 aromatic rings. The van der Waals surface area contributed by atoms with E-state index in [4.69, 9.17) is 10.5 Å². The molecule has 2 N–H and O–H groups in total. The molecule has 98 valence electrons. The average Bonchev–Trinajstić information content (AvgIpc) is 2.35. The molecule has 1 rings (SSSR count). The first-order valence-electron chi connectivity index (χ1n) is 5.88. The molecule has 5 heteroatoms. The molecule has 0 radical (unpaired) electrons. The molecule has 0 aliphatic carbocycles. The standard InChI is InChI=1S/C13H18N2O3/c1-3-15(9-12(16)18-4-2)13(17)10-6-5-7-11(14)8-10/h5-8H,3-4,9,14H2,1-2H3. The molecular formula is C13H18N2O3. The third kappa shape index (κ3) is 3.76. The van der Waals surface area contributed by atoms with E-state index in [-0.39, 0.29) is 12.5 Å². The van der Waals surface area contributed by atoms with Gasteiger partial charge < -0.3 is 15.4 Å². The fraction of sp³-hybridized carbons (Fsp3) is 0.385. The first-order valence-corrected chi connectivity index (χ1v) is 5.88. The van der Waals surface area contributed by atoms with E-state index in [0.29, 0.717) is 24.4 Å². The summed E-state index contributed by atoms with van der Waals surface area (Å²) in [6.07, 6.45) is 0. The summed E-state index contributed by atoms with van der Waals surface area (Å²) < 4.78 is 4.83. The number of hydrogen-bond donors (Lipinski definition) is 1. The highest BCUT2D eigenvalue weighted by molar-refractivity contribution is 5.96. The SMILES string of the molecule is CCOC(=O)CN(CC)C(=O)c1cccc(N)c1. The van der Waals surface area contributed by atoms with Gasteiger partial charge in [-0.1, -0.05) is 6.07 Å². The van der Waals surface area contributed by atoms with Gasteiger partial charge in [-0.3, -0.25) is 9.59 Å². The van der Waals surface area contributed by atoms with Crippen molar-refractivity contribution < 1.29 is 14.3 Å². The minimum Gasteiger partial charge on any atom is -0.465 e. The molecular weight excluding hydrogens is 232 g/mol. The van der Waals surface area contributed by atoms with Crippen LogP contribution in [-0.2, 0) is 9.53 Å². The molecule has 1 aromatic carbocycles. The number of carbonyl (C=O) groups is 2. The van der Waals surface area contributed by atoms with Crippen LogP contribution in [-0.4, -0.2) is 36.5 Å². The molecule has 0 aliphatic rings. The predicted octanol–water partition coefficient (Wildman–Crippen LogP) is 1.29. The number of likely N-dealkylation sites (N-methyl/N-ethyl adjacent to an activating group) is 1. The summed E-state index contributed by atoms with van der Waals surface area (Å²) in [5, 5.41) is 0. The zero-order valence-corrected chi connectivity index (χ0v) is 10.7. The van der Waals surface area contributed by atoms with E-state index in [0.717, 1.165) is 0 Å². The molecule has 0 aliphatic heterocycles. The highest BCUT2D eigenvalue weighted by Gasteiger charge is 2.17. The van der Waals surface area contributed by atoms with E-state index in [1.54, 1.807) is 31.2 Å². The zero-order valence-electron chi connectivity index (χ0n) is 10.7. The summed E-state index contributed by atoms with van der Waals surface area (Å²) in [4.78, 5) is 24.9. The quantitative estimate of drug-likeness (QED) is 0.631. The third-order valence-electron chi connectivity index (χ3n) is 2.43. The Hall–Kier alpha value is -2.04. The molecule has 0 atom stereocenters. The van der Waals surface area contributed by atoms with E-state index in [1.165, 1.54) is 4.90 Å². The smallest absolute Gasteiger partial charge is 0.325 e. The van der Waals surface area contributed by atoms with Gasteiger partial charge in [0.15, 0.2) is 0 Å². The van der Waals surface area contributed by atoms with E-state index >= 15 is 0 Å². The Morgan fingerprint density at radius 1 is 1.33 bits per heavy atom. The Bertz CT molecular complexity index is 432. The Labute approximate surface area is 107 Å². The number of nitrogen functional groups attached to an aromatic ring is 1. The lowest BCUT2D eigenvalue weighted by molar-refractivity contribution is -0.143. The van der Waals surface area contributed by atoms with Gasteiger partial charge in [-0.2, -0.15) is 0 Å². The summed E-state index contributed by atoms with van der Waals surface area (Å²) in [5.41, 5.74) is 6.62. The number of amides is 1. The van der Waals surface area contributed by atoms with Crippen molar-refractivity contribution in [2.24, 2.45) is 0 Å². The lowest BCUT2D eigenvalue weighted by Crippen LogP contribution is -2.36. The lowest BCUT2D eigenvalue weighted by Gasteiger charge is -2.19. The largest absolute Gasteiger partial charge is 0.465 e. The van der Waals surface area contributed by atoms with Crippen LogP contribution in [0.2, 0.25) is 0 Å². The molecule has 0 aromatic heterocycles. The predicted molar refractivity (Wildman–Crippen MR) is 69.1 cm³/mol. The first kappa shape index (κ1) is 14.0. The number of rotatable bonds is 5. The monoisotopic (exact) mass is 250 g/mol. The fourth-order valence-corrected chi connectivity index (χ4v) is 1.54. The van der Waals surface area contributed by atoms with Gasteiger partial charge in [-0.15, -0.1) is 0 Å². The highest BCUT2D eigenvalue weighted by atomic mass is 16.5. The second-order valence-corrected chi connectivity index (χ2v) is 3.75. The van der Waals surface area contributed by atoms with Crippen molar-refractivity contribution in [3.8, 4) is 0 Å². The number of nitrogens with zero attached hydrogens (tertiary/aromatic N) is 1. The summed E-state index contributed by atoms with van der Waals surface area (Å²) in [7, 11) is 0. The van der Waals surface area contributed by atoms with Gasteiger partial charge in [0.05, 0.1) is 6.61 Å². The van der Waals surface area contributed by atoms with Crippen LogP contribution in [0.15, 0.2) is 24.3 Å². The van der Waals surface area contributed by atoms with Gasteiger partial charge in [-0.25, -0.2) is 0 Å². The second kappa shape index (κ2) is 6.64. The van der Waals surface area contributed by atoms with E-state index in [1.807, 2.05) is 6.92 Å². The summed E-state index contributed by atoms with van der Waals surface area (Å²) >= 11 is 0.